The predicted molar refractivity (Wildman–Crippen MR) is 174 cm³/mol. The molecule has 0 N–H and O–H groups in total. The van der Waals surface area contributed by atoms with Crippen molar-refractivity contribution in [2.45, 2.75) is 32.9 Å². The number of para-hydroxylation sites is 3. The fraction of sp³-hybridized carbons (Fsp3) is 0.171. The van der Waals surface area contributed by atoms with E-state index in [4.69, 9.17) is 9.92 Å². The highest BCUT2D eigenvalue weighted by molar-refractivity contribution is 7.00. The first-order valence-electron chi connectivity index (χ1n) is 14.2. The fourth-order valence-electron chi connectivity index (χ4n) is 6.01. The number of anilines is 3. The molecule has 204 valence electrons. The Morgan fingerprint density at radius 1 is 0.707 bits per heavy atom. The Labute approximate surface area is 242 Å². The maximum absolute atomic E-state index is 6.15. The predicted octanol–water partition coefficient (Wildman–Crippen LogP) is 7.56. The number of hydrogen-bond acceptors (Lipinski definition) is 4. The van der Waals surface area contributed by atoms with Crippen LogP contribution in [0.4, 0.5) is 17.1 Å². The van der Waals surface area contributed by atoms with E-state index in [0.717, 1.165) is 22.9 Å². The molecule has 0 unspecified atom stereocenters. The number of fused-ring (bicyclic) bond motifs is 4. The number of nitrogens with zero attached hydrogens (tertiary/aromatic N) is 4. The van der Waals surface area contributed by atoms with Gasteiger partial charge >= 0.3 is 0 Å². The zero-order valence-electron chi connectivity index (χ0n) is 24.2. The van der Waals surface area contributed by atoms with Crippen LogP contribution in [0.5, 0.6) is 0 Å². The third kappa shape index (κ3) is 4.14. The van der Waals surface area contributed by atoms with Crippen molar-refractivity contribution in [1.82, 2.24) is 9.55 Å². The van der Waals surface area contributed by atoms with Crippen LogP contribution in [0.25, 0.3) is 27.6 Å². The van der Waals surface area contributed by atoms with Gasteiger partial charge in [-0.1, -0.05) is 91.9 Å². The molecule has 3 heterocycles. The lowest BCUT2D eigenvalue weighted by atomic mass is 10.1. The summed E-state index contributed by atoms with van der Waals surface area (Å²) < 4.78 is 2.34. The fourth-order valence-corrected chi connectivity index (χ4v) is 8.36. The summed E-state index contributed by atoms with van der Waals surface area (Å²) in [5, 5.41) is 8.99. The van der Waals surface area contributed by atoms with E-state index >= 15 is 0 Å². The van der Waals surface area contributed by atoms with Gasteiger partial charge in [-0.3, -0.25) is 4.57 Å². The lowest BCUT2D eigenvalue weighted by Crippen LogP contribution is -2.52. The molecule has 2 aromatic heterocycles. The maximum atomic E-state index is 6.15. The number of pyridine rings is 1. The minimum Gasteiger partial charge on any atom is -0.294 e. The highest BCUT2D eigenvalue weighted by Gasteiger charge is 2.30. The molecule has 1 aliphatic rings. The monoisotopic (exact) mass is 554 g/mol. The number of hydroxylamine groups is 1. The van der Waals surface area contributed by atoms with Crippen molar-refractivity contribution in [3.63, 3.8) is 0 Å². The van der Waals surface area contributed by atoms with Gasteiger partial charge in [-0.05, 0) is 60.0 Å². The third-order valence-corrected chi connectivity index (χ3v) is 12.0. The largest absolute Gasteiger partial charge is 0.294 e. The Balaban J connectivity index is 1.36. The Bertz CT molecular complexity index is 1930. The van der Waals surface area contributed by atoms with Crippen LogP contribution in [-0.4, -0.2) is 24.7 Å². The molecule has 1 aliphatic heterocycles. The summed E-state index contributed by atoms with van der Waals surface area (Å²) in [4.78, 5) is 11.0. The van der Waals surface area contributed by atoms with Crippen molar-refractivity contribution in [2.24, 2.45) is 0 Å². The molecule has 0 bridgehead atoms. The highest BCUT2D eigenvalue weighted by atomic mass is 28.3. The normalized spacial score (nSPS) is 13.5. The number of aromatic nitrogens is 2. The molecule has 5 nitrogen and oxygen atoms in total. The SMILES string of the molecule is CC(C)c1ccnc(-n2c3ccccc3c3ccc([Si](C)(C)c4cccc(N5ON(C)c6ccccc65)c4)cc32)c1. The molecule has 0 saturated heterocycles. The average Bonchev–Trinajstić information content (AvgIpc) is 3.52. The van der Waals surface area contributed by atoms with E-state index in [1.54, 1.807) is 0 Å². The van der Waals surface area contributed by atoms with Gasteiger partial charge in [0, 0.05) is 24.0 Å². The van der Waals surface area contributed by atoms with E-state index in [0.29, 0.717) is 5.92 Å². The molecule has 0 radical (unpaired) electrons. The summed E-state index contributed by atoms with van der Waals surface area (Å²) in [7, 11) is -0.149. The van der Waals surface area contributed by atoms with Gasteiger partial charge in [0.05, 0.1) is 28.1 Å². The lowest BCUT2D eigenvalue weighted by molar-refractivity contribution is 0.142. The third-order valence-electron chi connectivity index (χ3n) is 8.51. The van der Waals surface area contributed by atoms with Crippen LogP contribution in [0.2, 0.25) is 13.1 Å². The van der Waals surface area contributed by atoms with E-state index in [9.17, 15) is 0 Å². The number of benzene rings is 4. The summed E-state index contributed by atoms with van der Waals surface area (Å²) >= 11 is 0. The van der Waals surface area contributed by atoms with E-state index in [2.05, 4.69) is 129 Å². The van der Waals surface area contributed by atoms with Gasteiger partial charge in [0.2, 0.25) is 0 Å². The van der Waals surface area contributed by atoms with Crippen molar-refractivity contribution in [2.75, 3.05) is 17.2 Å². The number of hydrogen-bond donors (Lipinski definition) is 0. The second-order valence-electron chi connectivity index (χ2n) is 11.7. The molecular weight excluding hydrogens is 520 g/mol. The lowest BCUT2D eigenvalue weighted by Gasteiger charge is -2.26. The molecule has 0 fully saturated rings. The van der Waals surface area contributed by atoms with Crippen molar-refractivity contribution in [1.29, 1.82) is 0 Å². The van der Waals surface area contributed by atoms with Gasteiger partial charge < -0.3 is 0 Å². The Morgan fingerprint density at radius 2 is 1.44 bits per heavy atom. The van der Waals surface area contributed by atoms with Crippen LogP contribution >= 0.6 is 0 Å². The average molecular weight is 555 g/mol. The molecule has 41 heavy (non-hydrogen) atoms. The molecule has 0 saturated carbocycles. The summed E-state index contributed by atoms with van der Waals surface area (Å²) in [6.07, 6.45) is 1.94. The molecular formula is C35H34N4OSi. The van der Waals surface area contributed by atoms with Gasteiger partial charge in [-0.2, -0.15) is 5.06 Å². The molecule has 0 aliphatic carbocycles. The first kappa shape index (κ1) is 25.6. The first-order valence-corrected chi connectivity index (χ1v) is 17.2. The standard InChI is InChI=1S/C35H34N4OSi/c1-24(2)25-19-20-36-35(21-25)38-31-14-7-6-13-29(31)30-18-17-28(23-34(30)38)41(4,5)27-12-10-11-26(22-27)39-33-16-9-8-15-32(33)37(3)40-39/h6-24H,1-5H3. The zero-order valence-corrected chi connectivity index (χ0v) is 25.2. The molecule has 6 aromatic rings. The van der Waals surface area contributed by atoms with E-state index < -0.39 is 8.07 Å². The molecule has 6 heteroatoms. The van der Waals surface area contributed by atoms with E-state index in [-0.39, 0.29) is 0 Å². The first-order chi connectivity index (χ1) is 19.8. The quantitative estimate of drug-likeness (QED) is 0.206. The van der Waals surface area contributed by atoms with Crippen LogP contribution < -0.4 is 20.5 Å². The Morgan fingerprint density at radius 3 is 2.27 bits per heavy atom. The van der Waals surface area contributed by atoms with Crippen molar-refractivity contribution in [3.05, 3.63) is 115 Å². The number of rotatable bonds is 5. The van der Waals surface area contributed by atoms with Crippen molar-refractivity contribution in [3.8, 4) is 5.82 Å². The highest BCUT2D eigenvalue weighted by Crippen LogP contribution is 2.40. The van der Waals surface area contributed by atoms with Gasteiger partial charge in [0.15, 0.2) is 0 Å². The van der Waals surface area contributed by atoms with Gasteiger partial charge in [0.25, 0.3) is 0 Å². The van der Waals surface area contributed by atoms with Crippen LogP contribution in [0.1, 0.15) is 25.3 Å². The molecule has 7 rings (SSSR count). The van der Waals surface area contributed by atoms with E-state index in [1.165, 1.54) is 37.7 Å². The Kier molecular flexibility index (Phi) is 5.99. The molecule has 0 amide bonds. The van der Waals surface area contributed by atoms with Gasteiger partial charge in [-0.25, -0.2) is 10.0 Å². The van der Waals surface area contributed by atoms with Crippen molar-refractivity contribution < 1.29 is 4.94 Å². The Hall–Kier alpha value is -4.39. The molecule has 4 aromatic carbocycles. The maximum Gasteiger partial charge on any atom is 0.137 e. The minimum absolute atomic E-state index is 0.436. The molecule has 0 atom stereocenters. The summed E-state index contributed by atoms with van der Waals surface area (Å²) in [6.45, 7) is 9.33. The summed E-state index contributed by atoms with van der Waals surface area (Å²) in [6, 6.07) is 37.2. The zero-order chi connectivity index (χ0) is 28.3. The molecule has 0 spiro atoms. The van der Waals surface area contributed by atoms with Crippen LogP contribution in [0.15, 0.2) is 109 Å². The smallest absolute Gasteiger partial charge is 0.137 e. The van der Waals surface area contributed by atoms with Crippen LogP contribution in [-0.2, 0) is 4.94 Å². The van der Waals surface area contributed by atoms with Crippen molar-refractivity contribution >= 4 is 57.3 Å². The minimum atomic E-state index is -2.09. The van der Waals surface area contributed by atoms with E-state index in [1.807, 2.05) is 29.4 Å². The second kappa shape index (κ2) is 9.61. The van der Waals surface area contributed by atoms with Crippen LogP contribution in [0.3, 0.4) is 0 Å². The topological polar surface area (TPSA) is 33.5 Å². The van der Waals surface area contributed by atoms with Gasteiger partial charge in [0.1, 0.15) is 13.9 Å². The summed E-state index contributed by atoms with van der Waals surface area (Å²) in [5.41, 5.74) is 6.82. The van der Waals surface area contributed by atoms with Gasteiger partial charge in [-0.15, -0.1) is 4.94 Å². The second-order valence-corrected chi connectivity index (χ2v) is 16.1. The van der Waals surface area contributed by atoms with Crippen LogP contribution in [0, 0.1) is 0 Å². The summed E-state index contributed by atoms with van der Waals surface area (Å²) in [5.74, 6) is 1.40.